The molecular formula is C15H19F3O2. The molecule has 1 aliphatic carbocycles. The average Bonchev–Trinajstić information content (AvgIpc) is 2.33. The molecule has 1 aromatic carbocycles. The maximum atomic E-state index is 12.6. The maximum absolute atomic E-state index is 12.6. The lowest BCUT2D eigenvalue weighted by molar-refractivity contribution is -0.137. The summed E-state index contributed by atoms with van der Waals surface area (Å²) >= 11 is 0. The maximum Gasteiger partial charge on any atom is 0.416 e. The van der Waals surface area contributed by atoms with Gasteiger partial charge in [-0.25, -0.2) is 0 Å². The number of hydrogen-bond donors (Lipinski definition) is 1. The Morgan fingerprint density at radius 2 is 2.05 bits per heavy atom. The summed E-state index contributed by atoms with van der Waals surface area (Å²) in [5.74, 6) is 0. The molecule has 0 bridgehead atoms. The highest BCUT2D eigenvalue weighted by Gasteiger charge is 2.38. The highest BCUT2D eigenvalue weighted by atomic mass is 19.4. The molecule has 0 aliphatic heterocycles. The van der Waals surface area contributed by atoms with Crippen LogP contribution in [-0.2, 0) is 17.3 Å². The Labute approximate surface area is 116 Å². The third-order valence-corrected chi connectivity index (χ3v) is 4.03. The van der Waals surface area contributed by atoms with Crippen LogP contribution in [0, 0.1) is 0 Å². The molecule has 0 saturated heterocycles. The van der Waals surface area contributed by atoms with Gasteiger partial charge in [0.15, 0.2) is 0 Å². The quantitative estimate of drug-likeness (QED) is 0.897. The van der Waals surface area contributed by atoms with Crippen LogP contribution in [0.1, 0.15) is 36.8 Å². The molecule has 1 aliphatic rings. The van der Waals surface area contributed by atoms with Crippen molar-refractivity contribution in [1.29, 1.82) is 0 Å². The number of hydrogen-bond acceptors (Lipinski definition) is 2. The van der Waals surface area contributed by atoms with Gasteiger partial charge in [-0.2, -0.15) is 13.2 Å². The Hall–Kier alpha value is -1.07. The summed E-state index contributed by atoms with van der Waals surface area (Å²) in [6.07, 6.45) is -1.45. The summed E-state index contributed by atoms with van der Waals surface area (Å²) in [6.45, 7) is 0. The molecular weight excluding hydrogens is 269 g/mol. The van der Waals surface area contributed by atoms with E-state index in [0.29, 0.717) is 12.0 Å². The van der Waals surface area contributed by atoms with Gasteiger partial charge in [-0.3, -0.25) is 0 Å². The Morgan fingerprint density at radius 3 is 2.55 bits per heavy atom. The fourth-order valence-corrected chi connectivity index (χ4v) is 2.71. The summed E-state index contributed by atoms with van der Waals surface area (Å²) in [4.78, 5) is 0. The second-order valence-corrected chi connectivity index (χ2v) is 5.50. The fourth-order valence-electron chi connectivity index (χ4n) is 2.71. The van der Waals surface area contributed by atoms with Crippen molar-refractivity contribution in [3.05, 3.63) is 35.4 Å². The third kappa shape index (κ3) is 3.52. The van der Waals surface area contributed by atoms with E-state index < -0.39 is 17.8 Å². The van der Waals surface area contributed by atoms with E-state index in [1.807, 2.05) is 0 Å². The van der Waals surface area contributed by atoms with Gasteiger partial charge in [0.05, 0.1) is 17.3 Å². The zero-order valence-corrected chi connectivity index (χ0v) is 11.4. The topological polar surface area (TPSA) is 29.5 Å². The van der Waals surface area contributed by atoms with Crippen molar-refractivity contribution in [3.63, 3.8) is 0 Å². The van der Waals surface area contributed by atoms with Crippen molar-refractivity contribution in [2.24, 2.45) is 0 Å². The number of ether oxygens (including phenoxy) is 1. The standard InChI is InChI=1S/C15H19F3O2/c1-20-14(6-3-7-14)10-13(19)9-11-4-2-5-12(8-11)15(16,17)18/h2,4-5,8,13,19H,3,6-7,9-10H2,1H3. The van der Waals surface area contributed by atoms with Crippen LogP contribution in [0.15, 0.2) is 24.3 Å². The normalized spacial score (nSPS) is 19.4. The van der Waals surface area contributed by atoms with Crippen LogP contribution >= 0.6 is 0 Å². The minimum absolute atomic E-state index is 0.217. The van der Waals surface area contributed by atoms with Crippen LogP contribution in [0.5, 0.6) is 0 Å². The molecule has 2 rings (SSSR count). The molecule has 112 valence electrons. The van der Waals surface area contributed by atoms with Gasteiger partial charge in [0, 0.05) is 13.5 Å². The molecule has 0 heterocycles. The summed E-state index contributed by atoms with van der Waals surface area (Å²) in [5.41, 5.74) is -0.452. The van der Waals surface area contributed by atoms with E-state index in [2.05, 4.69) is 0 Å². The highest BCUT2D eigenvalue weighted by molar-refractivity contribution is 5.26. The van der Waals surface area contributed by atoms with Crippen molar-refractivity contribution in [2.75, 3.05) is 7.11 Å². The molecule has 0 radical (unpaired) electrons. The van der Waals surface area contributed by atoms with Crippen molar-refractivity contribution in [2.45, 2.75) is 50.0 Å². The Morgan fingerprint density at radius 1 is 1.35 bits per heavy atom. The molecule has 1 aromatic rings. The van der Waals surface area contributed by atoms with Gasteiger partial charge in [0.25, 0.3) is 0 Å². The van der Waals surface area contributed by atoms with Crippen molar-refractivity contribution >= 4 is 0 Å². The van der Waals surface area contributed by atoms with Crippen LogP contribution in [0.25, 0.3) is 0 Å². The minimum Gasteiger partial charge on any atom is -0.393 e. The number of benzene rings is 1. The molecule has 1 unspecified atom stereocenters. The van der Waals surface area contributed by atoms with E-state index >= 15 is 0 Å². The number of aliphatic hydroxyl groups is 1. The van der Waals surface area contributed by atoms with Crippen molar-refractivity contribution in [1.82, 2.24) is 0 Å². The number of methoxy groups -OCH3 is 1. The Bertz CT molecular complexity index is 447. The molecule has 20 heavy (non-hydrogen) atoms. The van der Waals surface area contributed by atoms with Crippen LogP contribution < -0.4 is 0 Å². The minimum atomic E-state index is -4.34. The highest BCUT2D eigenvalue weighted by Crippen LogP contribution is 2.39. The van der Waals surface area contributed by atoms with Gasteiger partial charge in [0.1, 0.15) is 0 Å². The third-order valence-electron chi connectivity index (χ3n) is 4.03. The molecule has 2 nitrogen and oxygen atoms in total. The number of halogens is 3. The first-order valence-corrected chi connectivity index (χ1v) is 6.74. The summed E-state index contributed by atoms with van der Waals surface area (Å²) in [6, 6.07) is 5.13. The lowest BCUT2D eigenvalue weighted by atomic mass is 9.75. The van der Waals surface area contributed by atoms with E-state index in [4.69, 9.17) is 4.74 Å². The zero-order valence-electron chi connectivity index (χ0n) is 11.4. The number of aliphatic hydroxyl groups excluding tert-OH is 1. The van der Waals surface area contributed by atoms with E-state index in [-0.39, 0.29) is 12.0 Å². The predicted molar refractivity (Wildman–Crippen MR) is 69.4 cm³/mol. The Balaban J connectivity index is 1.99. The van der Waals surface area contributed by atoms with E-state index in [1.165, 1.54) is 6.07 Å². The zero-order chi connectivity index (χ0) is 14.8. The largest absolute Gasteiger partial charge is 0.416 e. The first-order valence-electron chi connectivity index (χ1n) is 6.74. The van der Waals surface area contributed by atoms with Crippen LogP contribution in [0.4, 0.5) is 13.2 Å². The van der Waals surface area contributed by atoms with Crippen LogP contribution in [0.2, 0.25) is 0 Å². The van der Waals surface area contributed by atoms with Crippen molar-refractivity contribution in [3.8, 4) is 0 Å². The summed E-state index contributed by atoms with van der Waals surface area (Å²) in [7, 11) is 1.62. The molecule has 1 atom stereocenters. The van der Waals surface area contributed by atoms with E-state index in [1.54, 1.807) is 13.2 Å². The van der Waals surface area contributed by atoms with E-state index in [9.17, 15) is 18.3 Å². The SMILES string of the molecule is COC1(CC(O)Cc2cccc(C(F)(F)F)c2)CCC1. The smallest absolute Gasteiger partial charge is 0.393 e. The second-order valence-electron chi connectivity index (χ2n) is 5.50. The lowest BCUT2D eigenvalue weighted by Crippen LogP contribution is -2.42. The Kier molecular flexibility index (Phi) is 4.39. The van der Waals surface area contributed by atoms with Gasteiger partial charge >= 0.3 is 6.18 Å². The first-order chi connectivity index (χ1) is 9.35. The van der Waals surface area contributed by atoms with Gasteiger partial charge in [0.2, 0.25) is 0 Å². The molecule has 1 N–H and O–H groups in total. The molecule has 1 saturated carbocycles. The van der Waals surface area contributed by atoms with E-state index in [0.717, 1.165) is 31.4 Å². The fraction of sp³-hybridized carbons (Fsp3) is 0.600. The first kappa shape index (κ1) is 15.3. The summed E-state index contributed by atoms with van der Waals surface area (Å²) < 4.78 is 43.3. The number of rotatable bonds is 5. The van der Waals surface area contributed by atoms with Crippen LogP contribution in [0.3, 0.4) is 0 Å². The molecule has 1 fully saturated rings. The molecule has 0 spiro atoms. The van der Waals surface area contributed by atoms with Crippen LogP contribution in [-0.4, -0.2) is 23.9 Å². The monoisotopic (exact) mass is 288 g/mol. The van der Waals surface area contributed by atoms with Gasteiger partial charge in [-0.1, -0.05) is 18.2 Å². The van der Waals surface area contributed by atoms with Gasteiger partial charge < -0.3 is 9.84 Å². The second kappa shape index (κ2) is 5.74. The predicted octanol–water partition coefficient (Wildman–Crippen LogP) is 3.57. The average molecular weight is 288 g/mol. The van der Waals surface area contributed by atoms with Crippen molar-refractivity contribution < 1.29 is 23.0 Å². The lowest BCUT2D eigenvalue weighted by Gasteiger charge is -2.41. The van der Waals surface area contributed by atoms with Gasteiger partial charge in [-0.15, -0.1) is 0 Å². The molecule has 0 aromatic heterocycles. The van der Waals surface area contributed by atoms with Gasteiger partial charge in [-0.05, 0) is 37.3 Å². The number of alkyl halides is 3. The summed E-state index contributed by atoms with van der Waals surface area (Å²) in [5, 5.41) is 10.1. The molecule has 0 amide bonds. The molecule has 5 heteroatoms.